The molecule has 1 heterocycles. The molecule has 0 fully saturated rings. The topological polar surface area (TPSA) is 50.9 Å². The lowest BCUT2D eigenvalue weighted by molar-refractivity contribution is 1.30. The SMILES string of the molecule is Cc1cccc(Nc2ncc(Cl)cc2N)c1Br. The van der Waals surface area contributed by atoms with Crippen molar-refractivity contribution in [1.29, 1.82) is 0 Å². The number of pyridine rings is 1. The van der Waals surface area contributed by atoms with Crippen LogP contribution < -0.4 is 11.1 Å². The summed E-state index contributed by atoms with van der Waals surface area (Å²) in [5, 5.41) is 3.69. The molecule has 1 aromatic heterocycles. The van der Waals surface area contributed by atoms with Crippen LogP contribution in [0.4, 0.5) is 17.2 Å². The van der Waals surface area contributed by atoms with E-state index < -0.39 is 0 Å². The molecule has 3 nitrogen and oxygen atoms in total. The number of aryl methyl sites for hydroxylation is 1. The number of aromatic nitrogens is 1. The fourth-order valence-corrected chi connectivity index (χ4v) is 1.96. The lowest BCUT2D eigenvalue weighted by Gasteiger charge is -2.11. The first-order chi connectivity index (χ1) is 8.08. The Hall–Kier alpha value is -1.26. The summed E-state index contributed by atoms with van der Waals surface area (Å²) in [6, 6.07) is 7.61. The molecule has 0 bridgehead atoms. The lowest BCUT2D eigenvalue weighted by Crippen LogP contribution is -1.99. The molecule has 0 saturated heterocycles. The minimum absolute atomic E-state index is 0.519. The van der Waals surface area contributed by atoms with E-state index in [9.17, 15) is 0 Å². The highest BCUT2D eigenvalue weighted by atomic mass is 79.9. The molecule has 2 aromatic rings. The van der Waals surface area contributed by atoms with Gasteiger partial charge in [-0.05, 0) is 40.5 Å². The number of nitrogens with zero attached hydrogens (tertiary/aromatic N) is 1. The van der Waals surface area contributed by atoms with Crippen molar-refractivity contribution in [2.45, 2.75) is 6.92 Å². The van der Waals surface area contributed by atoms with Gasteiger partial charge < -0.3 is 11.1 Å². The van der Waals surface area contributed by atoms with Crippen LogP contribution in [0, 0.1) is 6.92 Å². The van der Waals surface area contributed by atoms with Crippen molar-refractivity contribution in [3.05, 3.63) is 45.5 Å². The fraction of sp³-hybridized carbons (Fsp3) is 0.0833. The number of hydrogen-bond acceptors (Lipinski definition) is 3. The Kier molecular flexibility index (Phi) is 3.54. The van der Waals surface area contributed by atoms with Crippen molar-refractivity contribution in [2.75, 3.05) is 11.1 Å². The molecule has 0 spiro atoms. The van der Waals surface area contributed by atoms with Crippen molar-refractivity contribution >= 4 is 44.7 Å². The number of nitrogens with two attached hydrogens (primary N) is 1. The Morgan fingerprint density at radius 1 is 1.41 bits per heavy atom. The molecular formula is C12H11BrClN3. The van der Waals surface area contributed by atoms with Crippen LogP contribution in [0.15, 0.2) is 34.9 Å². The van der Waals surface area contributed by atoms with E-state index in [4.69, 9.17) is 17.3 Å². The van der Waals surface area contributed by atoms with Crippen molar-refractivity contribution < 1.29 is 0 Å². The lowest BCUT2D eigenvalue weighted by atomic mass is 10.2. The van der Waals surface area contributed by atoms with E-state index >= 15 is 0 Å². The van der Waals surface area contributed by atoms with Crippen LogP contribution in [-0.4, -0.2) is 4.98 Å². The predicted molar refractivity (Wildman–Crippen MR) is 75.8 cm³/mol. The first-order valence-electron chi connectivity index (χ1n) is 5.01. The normalized spacial score (nSPS) is 10.3. The van der Waals surface area contributed by atoms with Gasteiger partial charge in [0.25, 0.3) is 0 Å². The van der Waals surface area contributed by atoms with Crippen LogP contribution in [0.2, 0.25) is 5.02 Å². The number of hydrogen-bond donors (Lipinski definition) is 2. The highest BCUT2D eigenvalue weighted by Gasteiger charge is 2.06. The van der Waals surface area contributed by atoms with Crippen molar-refractivity contribution in [2.24, 2.45) is 0 Å². The maximum Gasteiger partial charge on any atom is 0.153 e. The zero-order chi connectivity index (χ0) is 12.4. The molecule has 0 unspecified atom stereocenters. The Labute approximate surface area is 113 Å². The molecule has 5 heteroatoms. The summed E-state index contributed by atoms with van der Waals surface area (Å²) < 4.78 is 0.996. The van der Waals surface area contributed by atoms with Crippen LogP contribution in [0.25, 0.3) is 0 Å². The van der Waals surface area contributed by atoms with Crippen molar-refractivity contribution in [3.8, 4) is 0 Å². The van der Waals surface area contributed by atoms with Gasteiger partial charge >= 0.3 is 0 Å². The molecule has 0 saturated carbocycles. The molecule has 0 atom stereocenters. The van der Waals surface area contributed by atoms with E-state index in [1.807, 2.05) is 25.1 Å². The van der Waals surface area contributed by atoms with E-state index in [0.29, 0.717) is 16.5 Å². The molecule has 0 aliphatic heterocycles. The third-order valence-corrected chi connectivity index (χ3v) is 3.59. The van der Waals surface area contributed by atoms with Crippen molar-refractivity contribution in [3.63, 3.8) is 0 Å². The molecule has 2 rings (SSSR count). The Balaban J connectivity index is 2.35. The summed E-state index contributed by atoms with van der Waals surface area (Å²) in [5.74, 6) is 0.598. The van der Waals surface area contributed by atoms with Gasteiger partial charge in [-0.15, -0.1) is 0 Å². The molecule has 88 valence electrons. The maximum atomic E-state index is 5.83. The number of nitrogen functional groups attached to an aromatic ring is 1. The molecular weight excluding hydrogens is 302 g/mol. The number of rotatable bonds is 2. The third-order valence-electron chi connectivity index (χ3n) is 2.33. The summed E-state index contributed by atoms with van der Waals surface area (Å²) in [6.07, 6.45) is 1.56. The van der Waals surface area contributed by atoms with E-state index in [-0.39, 0.29) is 0 Å². The van der Waals surface area contributed by atoms with Gasteiger partial charge in [0.1, 0.15) is 0 Å². The molecule has 0 amide bonds. The predicted octanol–water partition coefficient (Wildman–Crippen LogP) is 4.13. The zero-order valence-corrected chi connectivity index (χ0v) is 11.5. The van der Waals surface area contributed by atoms with Gasteiger partial charge in [-0.1, -0.05) is 23.7 Å². The number of halogens is 2. The molecule has 0 aliphatic rings. The minimum atomic E-state index is 0.519. The first-order valence-corrected chi connectivity index (χ1v) is 6.18. The summed E-state index contributed by atoms with van der Waals surface area (Å²) in [6.45, 7) is 2.02. The Morgan fingerprint density at radius 3 is 2.88 bits per heavy atom. The average Bonchev–Trinajstić information content (AvgIpc) is 2.28. The first kappa shape index (κ1) is 12.2. The molecule has 0 radical (unpaired) electrons. The van der Waals surface area contributed by atoms with E-state index in [2.05, 4.69) is 26.2 Å². The van der Waals surface area contributed by atoms with Gasteiger partial charge in [0, 0.05) is 10.7 Å². The largest absolute Gasteiger partial charge is 0.396 e. The highest BCUT2D eigenvalue weighted by molar-refractivity contribution is 9.10. The highest BCUT2D eigenvalue weighted by Crippen LogP contribution is 2.30. The summed E-state index contributed by atoms with van der Waals surface area (Å²) in [4.78, 5) is 4.15. The summed E-state index contributed by atoms with van der Waals surface area (Å²) in [5.41, 5.74) is 8.42. The maximum absolute atomic E-state index is 5.83. The smallest absolute Gasteiger partial charge is 0.153 e. The van der Waals surface area contributed by atoms with E-state index in [1.54, 1.807) is 12.3 Å². The molecule has 1 aromatic carbocycles. The second-order valence-corrected chi connectivity index (χ2v) is 4.88. The number of nitrogens with one attached hydrogen (secondary N) is 1. The van der Waals surface area contributed by atoms with Crippen molar-refractivity contribution in [1.82, 2.24) is 4.98 Å². The Bertz CT molecular complexity index is 557. The monoisotopic (exact) mass is 311 g/mol. The zero-order valence-electron chi connectivity index (χ0n) is 9.17. The van der Waals surface area contributed by atoms with Gasteiger partial charge in [-0.25, -0.2) is 4.98 Å². The number of anilines is 3. The number of benzene rings is 1. The Morgan fingerprint density at radius 2 is 2.18 bits per heavy atom. The van der Waals surface area contributed by atoms with Gasteiger partial charge in [-0.2, -0.15) is 0 Å². The molecule has 17 heavy (non-hydrogen) atoms. The van der Waals surface area contributed by atoms with Crippen LogP contribution in [0.5, 0.6) is 0 Å². The molecule has 0 aliphatic carbocycles. The van der Waals surface area contributed by atoms with Gasteiger partial charge in [0.15, 0.2) is 5.82 Å². The molecule has 3 N–H and O–H groups in total. The summed E-state index contributed by atoms with van der Waals surface area (Å²) in [7, 11) is 0. The minimum Gasteiger partial charge on any atom is -0.396 e. The average molecular weight is 313 g/mol. The quantitative estimate of drug-likeness (QED) is 0.876. The second-order valence-electron chi connectivity index (χ2n) is 3.65. The van der Waals surface area contributed by atoms with Gasteiger partial charge in [-0.3, -0.25) is 0 Å². The fourth-order valence-electron chi connectivity index (χ4n) is 1.43. The van der Waals surface area contributed by atoms with Gasteiger partial charge in [0.05, 0.1) is 16.4 Å². The van der Waals surface area contributed by atoms with Crippen LogP contribution in [0.3, 0.4) is 0 Å². The van der Waals surface area contributed by atoms with E-state index in [1.165, 1.54) is 0 Å². The van der Waals surface area contributed by atoms with Gasteiger partial charge in [0.2, 0.25) is 0 Å². The van der Waals surface area contributed by atoms with Crippen LogP contribution >= 0.6 is 27.5 Å². The van der Waals surface area contributed by atoms with Crippen LogP contribution in [0.1, 0.15) is 5.56 Å². The third kappa shape index (κ3) is 2.70. The van der Waals surface area contributed by atoms with E-state index in [0.717, 1.165) is 15.7 Å². The second kappa shape index (κ2) is 4.94. The summed E-state index contributed by atoms with van der Waals surface area (Å²) >= 11 is 9.32. The standard InChI is InChI=1S/C12H11BrClN3/c1-7-3-2-4-10(11(7)13)17-12-9(15)5-8(14)6-16-12/h2-6H,15H2,1H3,(H,16,17). The van der Waals surface area contributed by atoms with Crippen LogP contribution in [-0.2, 0) is 0 Å².